The van der Waals surface area contributed by atoms with Crippen LogP contribution in [0, 0.1) is 0 Å². The Labute approximate surface area is 142 Å². The van der Waals surface area contributed by atoms with Crippen LogP contribution in [0.15, 0.2) is 34.0 Å². The number of aromatic carboxylic acids is 1. The first kappa shape index (κ1) is 16.7. The van der Waals surface area contributed by atoms with Crippen LogP contribution in [0.25, 0.3) is 5.69 Å². The Balaban J connectivity index is 2.22. The smallest absolute Gasteiger partial charge is 0.342 e. The van der Waals surface area contributed by atoms with Gasteiger partial charge in [0.2, 0.25) is 5.91 Å². The number of fused-ring (bicyclic) bond motifs is 1. The Morgan fingerprint density at radius 2 is 1.92 bits per heavy atom. The molecule has 0 saturated heterocycles. The Bertz CT molecular complexity index is 1020. The van der Waals surface area contributed by atoms with E-state index in [0.29, 0.717) is 17.9 Å². The van der Waals surface area contributed by atoms with Crippen LogP contribution in [0.2, 0.25) is 0 Å². The molecule has 2 heterocycles. The molecule has 8 heteroatoms. The van der Waals surface area contributed by atoms with E-state index < -0.39 is 22.8 Å². The molecule has 0 spiro atoms. The molecule has 0 atom stereocenters. The van der Waals surface area contributed by atoms with Crippen LogP contribution in [0.1, 0.15) is 36.7 Å². The minimum atomic E-state index is -1.43. The molecular weight excluding hydrogens is 326 g/mol. The molecule has 130 valence electrons. The third-order valence-electron chi connectivity index (χ3n) is 4.39. The molecule has 8 nitrogen and oxygen atoms in total. The van der Waals surface area contributed by atoms with Gasteiger partial charge in [-0.3, -0.25) is 19.1 Å². The quantitative estimate of drug-likeness (QED) is 0.840. The van der Waals surface area contributed by atoms with E-state index in [0.717, 1.165) is 16.3 Å². The van der Waals surface area contributed by atoms with Crippen molar-refractivity contribution in [3.8, 4) is 5.69 Å². The second kappa shape index (κ2) is 5.44. The zero-order chi connectivity index (χ0) is 18.5. The van der Waals surface area contributed by atoms with Crippen LogP contribution in [-0.4, -0.2) is 33.1 Å². The zero-order valence-electron chi connectivity index (χ0n) is 14.0. The number of carboxylic acid groups (broad SMARTS) is 1. The molecule has 25 heavy (non-hydrogen) atoms. The SMILES string of the molecule is CC(=O)N1CC(C)(C)c2ccc(-n3cc(C(=O)O)c(=O)[nH]c3=O)cc21. The first-order valence-corrected chi connectivity index (χ1v) is 7.64. The molecule has 0 aliphatic carbocycles. The van der Waals surface area contributed by atoms with Crippen molar-refractivity contribution in [3.63, 3.8) is 0 Å². The minimum absolute atomic E-state index is 0.121. The third kappa shape index (κ3) is 2.65. The highest BCUT2D eigenvalue weighted by Gasteiger charge is 2.37. The summed E-state index contributed by atoms with van der Waals surface area (Å²) in [7, 11) is 0. The molecule has 0 bridgehead atoms. The summed E-state index contributed by atoms with van der Waals surface area (Å²) in [6.45, 7) is 6.01. The number of nitrogens with zero attached hydrogens (tertiary/aromatic N) is 2. The molecule has 1 aliphatic heterocycles. The van der Waals surface area contributed by atoms with Crippen LogP contribution >= 0.6 is 0 Å². The van der Waals surface area contributed by atoms with Gasteiger partial charge in [0, 0.05) is 30.8 Å². The van der Waals surface area contributed by atoms with Gasteiger partial charge < -0.3 is 10.0 Å². The van der Waals surface area contributed by atoms with E-state index >= 15 is 0 Å². The Hall–Kier alpha value is -3.16. The van der Waals surface area contributed by atoms with Crippen molar-refractivity contribution in [2.45, 2.75) is 26.2 Å². The number of aromatic amines is 1. The number of aromatic nitrogens is 2. The summed E-state index contributed by atoms with van der Waals surface area (Å²) in [4.78, 5) is 50.4. The van der Waals surface area contributed by atoms with Crippen LogP contribution < -0.4 is 16.1 Å². The lowest BCUT2D eigenvalue weighted by Gasteiger charge is -2.19. The van der Waals surface area contributed by atoms with E-state index in [1.165, 1.54) is 6.92 Å². The second-order valence-electron chi connectivity index (χ2n) is 6.67. The van der Waals surface area contributed by atoms with E-state index in [1.807, 2.05) is 24.9 Å². The lowest BCUT2D eigenvalue weighted by Crippen LogP contribution is -2.33. The van der Waals surface area contributed by atoms with Gasteiger partial charge >= 0.3 is 11.7 Å². The summed E-state index contributed by atoms with van der Waals surface area (Å²) in [5, 5.41) is 9.08. The van der Waals surface area contributed by atoms with Gasteiger partial charge in [0.15, 0.2) is 0 Å². The number of carboxylic acids is 1. The topological polar surface area (TPSA) is 112 Å². The number of anilines is 1. The van der Waals surface area contributed by atoms with Crippen molar-refractivity contribution < 1.29 is 14.7 Å². The van der Waals surface area contributed by atoms with Crippen molar-refractivity contribution in [1.82, 2.24) is 9.55 Å². The van der Waals surface area contributed by atoms with E-state index in [2.05, 4.69) is 0 Å². The van der Waals surface area contributed by atoms with Gasteiger partial charge in [0.1, 0.15) is 5.56 Å². The van der Waals surface area contributed by atoms with Crippen molar-refractivity contribution in [1.29, 1.82) is 0 Å². The number of nitrogens with one attached hydrogen (secondary N) is 1. The van der Waals surface area contributed by atoms with Gasteiger partial charge in [0.05, 0.1) is 5.69 Å². The van der Waals surface area contributed by atoms with Crippen LogP contribution in [0.3, 0.4) is 0 Å². The summed E-state index contributed by atoms with van der Waals surface area (Å²) >= 11 is 0. The summed E-state index contributed by atoms with van der Waals surface area (Å²) in [6.07, 6.45) is 0.990. The highest BCUT2D eigenvalue weighted by molar-refractivity contribution is 5.95. The highest BCUT2D eigenvalue weighted by atomic mass is 16.4. The lowest BCUT2D eigenvalue weighted by molar-refractivity contribution is -0.116. The Morgan fingerprint density at radius 3 is 2.52 bits per heavy atom. The number of rotatable bonds is 2. The minimum Gasteiger partial charge on any atom is -0.477 e. The molecule has 0 saturated carbocycles. The second-order valence-corrected chi connectivity index (χ2v) is 6.67. The highest BCUT2D eigenvalue weighted by Crippen LogP contribution is 2.41. The fourth-order valence-electron chi connectivity index (χ4n) is 3.13. The molecule has 2 N–H and O–H groups in total. The first-order valence-electron chi connectivity index (χ1n) is 7.64. The van der Waals surface area contributed by atoms with Crippen LogP contribution in [0.4, 0.5) is 5.69 Å². The summed E-state index contributed by atoms with van der Waals surface area (Å²) in [5.41, 5.74) is -0.479. The summed E-state index contributed by atoms with van der Waals surface area (Å²) in [6, 6.07) is 5.12. The largest absolute Gasteiger partial charge is 0.477 e. The van der Waals surface area contributed by atoms with E-state index in [9.17, 15) is 19.2 Å². The number of carbonyl (C=O) groups is 2. The molecular formula is C17H17N3O5. The molecule has 0 fully saturated rings. The van der Waals surface area contributed by atoms with Crippen molar-refractivity contribution in [2.24, 2.45) is 0 Å². The maximum absolute atomic E-state index is 12.1. The van der Waals surface area contributed by atoms with Gasteiger partial charge in [-0.1, -0.05) is 19.9 Å². The molecule has 0 unspecified atom stereocenters. The zero-order valence-corrected chi connectivity index (χ0v) is 14.0. The third-order valence-corrected chi connectivity index (χ3v) is 4.39. The molecule has 1 aliphatic rings. The predicted octanol–water partition coefficient (Wildman–Crippen LogP) is 0.868. The number of amides is 1. The van der Waals surface area contributed by atoms with E-state index in [1.54, 1.807) is 17.0 Å². The van der Waals surface area contributed by atoms with E-state index in [4.69, 9.17) is 5.11 Å². The average Bonchev–Trinajstić information content (AvgIpc) is 2.78. The number of H-pyrrole nitrogens is 1. The van der Waals surface area contributed by atoms with Crippen LogP contribution in [-0.2, 0) is 10.2 Å². The Kier molecular flexibility index (Phi) is 3.63. The number of hydrogen-bond acceptors (Lipinski definition) is 4. The monoisotopic (exact) mass is 343 g/mol. The fourth-order valence-corrected chi connectivity index (χ4v) is 3.13. The maximum Gasteiger partial charge on any atom is 0.342 e. The van der Waals surface area contributed by atoms with Crippen LogP contribution in [0.5, 0.6) is 0 Å². The van der Waals surface area contributed by atoms with E-state index in [-0.39, 0.29) is 11.3 Å². The number of benzene rings is 1. The molecule has 3 rings (SSSR count). The number of hydrogen-bond donors (Lipinski definition) is 2. The standard InChI is InChI=1S/C17H17N3O5/c1-9(21)20-8-17(2,3)12-5-4-10(6-13(12)20)19-7-11(15(23)24)14(22)18-16(19)25/h4-7H,8H2,1-3H3,(H,23,24)(H,18,22,25). The Morgan fingerprint density at radius 1 is 1.24 bits per heavy atom. The number of carbonyl (C=O) groups excluding carboxylic acids is 1. The van der Waals surface area contributed by atoms with Crippen molar-refractivity contribution in [2.75, 3.05) is 11.4 Å². The van der Waals surface area contributed by atoms with Crippen molar-refractivity contribution >= 4 is 17.6 Å². The van der Waals surface area contributed by atoms with Gasteiger partial charge in [-0.15, -0.1) is 0 Å². The molecule has 0 radical (unpaired) electrons. The summed E-state index contributed by atoms with van der Waals surface area (Å²) in [5.74, 6) is -1.55. The van der Waals surface area contributed by atoms with Gasteiger partial charge in [-0.25, -0.2) is 9.59 Å². The lowest BCUT2D eigenvalue weighted by atomic mass is 9.87. The molecule has 2 aromatic rings. The predicted molar refractivity (Wildman–Crippen MR) is 90.7 cm³/mol. The molecule has 1 aromatic carbocycles. The molecule has 1 amide bonds. The summed E-state index contributed by atoms with van der Waals surface area (Å²) < 4.78 is 1.05. The van der Waals surface area contributed by atoms with Gasteiger partial charge in [-0.05, 0) is 17.7 Å². The first-order chi connectivity index (χ1) is 11.6. The fraction of sp³-hybridized carbons (Fsp3) is 0.294. The van der Waals surface area contributed by atoms with Gasteiger partial charge in [0.25, 0.3) is 5.56 Å². The maximum atomic E-state index is 12.1. The normalized spacial score (nSPS) is 15.1. The van der Waals surface area contributed by atoms with Crippen molar-refractivity contribution in [3.05, 3.63) is 56.4 Å². The van der Waals surface area contributed by atoms with Gasteiger partial charge in [-0.2, -0.15) is 0 Å². The molecule has 1 aromatic heterocycles. The average molecular weight is 343 g/mol.